The maximum Gasteiger partial charge on any atom is 0.357 e. The highest BCUT2D eigenvalue weighted by Gasteiger charge is 2.60. The zero-order chi connectivity index (χ0) is 17.9. The third kappa shape index (κ3) is 2.48. The molecule has 3 saturated carbocycles. The number of allylic oxidation sites excluding steroid dienone is 2. The van der Waals surface area contributed by atoms with Crippen LogP contribution in [0.25, 0.3) is 0 Å². The van der Waals surface area contributed by atoms with Crippen molar-refractivity contribution in [2.24, 2.45) is 34.5 Å². The normalized spacial score (nSPS) is 46.8. The maximum atomic E-state index is 13.2. The van der Waals surface area contributed by atoms with E-state index in [1.165, 1.54) is 59.2 Å². The molecule has 0 saturated heterocycles. The summed E-state index contributed by atoms with van der Waals surface area (Å²) in [6.07, 6.45) is 14.2. The van der Waals surface area contributed by atoms with Crippen LogP contribution in [0.15, 0.2) is 11.4 Å². The van der Waals surface area contributed by atoms with E-state index in [9.17, 15) is 4.57 Å². The van der Waals surface area contributed by atoms with Gasteiger partial charge in [0.15, 0.2) is 0 Å². The van der Waals surface area contributed by atoms with Crippen molar-refractivity contribution in [3.05, 3.63) is 11.4 Å². The van der Waals surface area contributed by atoms with Crippen molar-refractivity contribution in [1.29, 1.82) is 0 Å². The first-order valence-electron chi connectivity index (χ1n) is 10.3. The minimum Gasteiger partial charge on any atom is -0.309 e. The highest BCUT2D eigenvalue weighted by Crippen LogP contribution is 2.73. The minimum absolute atomic E-state index is 0.000573. The first-order valence-corrected chi connectivity index (χ1v) is 11.9. The third-order valence-corrected chi connectivity index (χ3v) is 11.1. The maximum absolute atomic E-state index is 13.2. The van der Waals surface area contributed by atoms with Crippen molar-refractivity contribution in [3.8, 4) is 0 Å². The topological polar surface area (TPSA) is 35.5 Å². The average molecular weight is 366 g/mol. The molecule has 0 aromatic rings. The quantitative estimate of drug-likeness (QED) is 0.542. The van der Waals surface area contributed by atoms with E-state index in [1.54, 1.807) is 0 Å². The van der Waals surface area contributed by atoms with Gasteiger partial charge in [0, 0.05) is 24.9 Å². The Morgan fingerprint density at radius 2 is 1.76 bits per heavy atom. The van der Waals surface area contributed by atoms with Gasteiger partial charge in [0.2, 0.25) is 0 Å². The second-order valence-corrected chi connectivity index (χ2v) is 11.8. The van der Waals surface area contributed by atoms with Gasteiger partial charge >= 0.3 is 7.60 Å². The first kappa shape index (κ1) is 18.3. The zero-order valence-electron chi connectivity index (χ0n) is 16.4. The van der Waals surface area contributed by atoms with Gasteiger partial charge < -0.3 is 9.05 Å². The average Bonchev–Trinajstić information content (AvgIpc) is 2.98. The number of hydrogen-bond donors (Lipinski definition) is 0. The molecule has 4 rings (SSSR count). The summed E-state index contributed by atoms with van der Waals surface area (Å²) in [5.41, 5.74) is 0.554. The van der Waals surface area contributed by atoms with Crippen molar-refractivity contribution < 1.29 is 13.6 Å². The second-order valence-electron chi connectivity index (χ2n) is 9.55. The lowest BCUT2D eigenvalue weighted by Crippen LogP contribution is -2.52. The van der Waals surface area contributed by atoms with Crippen LogP contribution in [0.1, 0.15) is 71.6 Å². The van der Waals surface area contributed by atoms with Gasteiger partial charge in [-0.2, -0.15) is 0 Å². The van der Waals surface area contributed by atoms with Gasteiger partial charge in [-0.25, -0.2) is 0 Å². The molecule has 0 unspecified atom stereocenters. The Bertz CT molecular complexity index is 606. The van der Waals surface area contributed by atoms with E-state index in [2.05, 4.69) is 19.9 Å². The van der Waals surface area contributed by atoms with Gasteiger partial charge in [0.25, 0.3) is 0 Å². The van der Waals surface area contributed by atoms with Crippen molar-refractivity contribution in [3.63, 3.8) is 0 Å². The predicted molar refractivity (Wildman–Crippen MR) is 101 cm³/mol. The molecule has 25 heavy (non-hydrogen) atoms. The van der Waals surface area contributed by atoms with Gasteiger partial charge in [-0.15, -0.1) is 0 Å². The van der Waals surface area contributed by atoms with Crippen LogP contribution >= 0.6 is 7.60 Å². The lowest BCUT2D eigenvalue weighted by atomic mass is 9.45. The van der Waals surface area contributed by atoms with E-state index in [1.807, 2.05) is 0 Å². The van der Waals surface area contributed by atoms with E-state index in [0.29, 0.717) is 11.3 Å². The minimum atomic E-state index is -3.12. The van der Waals surface area contributed by atoms with Crippen LogP contribution in [0.5, 0.6) is 0 Å². The molecule has 3 nitrogen and oxygen atoms in total. The molecule has 0 N–H and O–H groups in total. The highest BCUT2D eigenvalue weighted by atomic mass is 31.2. The van der Waals surface area contributed by atoms with Crippen LogP contribution in [0.4, 0.5) is 0 Å². The van der Waals surface area contributed by atoms with Crippen molar-refractivity contribution >= 4 is 7.60 Å². The van der Waals surface area contributed by atoms with Crippen LogP contribution in [0, 0.1) is 34.5 Å². The molecule has 3 fully saturated rings. The largest absolute Gasteiger partial charge is 0.357 e. The number of hydrogen-bond acceptors (Lipinski definition) is 3. The Morgan fingerprint density at radius 1 is 1.00 bits per heavy atom. The molecule has 0 aromatic heterocycles. The fourth-order valence-corrected chi connectivity index (χ4v) is 9.31. The molecular formula is C21H35O3P. The van der Waals surface area contributed by atoms with Gasteiger partial charge in [0.05, 0.1) is 0 Å². The molecule has 142 valence electrons. The summed E-state index contributed by atoms with van der Waals surface area (Å²) >= 11 is 0. The van der Waals surface area contributed by atoms with E-state index in [4.69, 9.17) is 9.05 Å². The third-order valence-electron chi connectivity index (χ3n) is 8.90. The van der Waals surface area contributed by atoms with Crippen LogP contribution < -0.4 is 0 Å². The summed E-state index contributed by atoms with van der Waals surface area (Å²) in [6, 6.07) is 0. The van der Waals surface area contributed by atoms with Crippen LogP contribution in [-0.2, 0) is 13.6 Å². The predicted octanol–water partition coefficient (Wildman–Crippen LogP) is 6.40. The van der Waals surface area contributed by atoms with Gasteiger partial charge in [-0.3, -0.25) is 4.57 Å². The smallest absolute Gasteiger partial charge is 0.309 e. The Kier molecular flexibility index (Phi) is 4.54. The van der Waals surface area contributed by atoms with Gasteiger partial charge in [-0.05, 0) is 74.0 Å². The molecule has 4 aliphatic rings. The first-order chi connectivity index (χ1) is 11.9. The van der Waals surface area contributed by atoms with Crippen molar-refractivity contribution in [1.82, 2.24) is 0 Å². The summed E-state index contributed by atoms with van der Waals surface area (Å²) < 4.78 is 23.9. The molecule has 0 amide bonds. The SMILES string of the molecule is COP(=O)(OC)C1=CC[C@H]2[C@@H]3CC[C@H]4CCCC[C@]4(C)[C@H]3CC[C@]12C. The summed E-state index contributed by atoms with van der Waals surface area (Å²) in [7, 11) is -0.0565. The van der Waals surface area contributed by atoms with Crippen LogP contribution in [0.2, 0.25) is 0 Å². The van der Waals surface area contributed by atoms with E-state index in [0.717, 1.165) is 35.9 Å². The fraction of sp³-hybridized carbons (Fsp3) is 0.905. The Hall–Kier alpha value is -0.110. The van der Waals surface area contributed by atoms with Gasteiger partial charge in [-0.1, -0.05) is 32.8 Å². The van der Waals surface area contributed by atoms with E-state index in [-0.39, 0.29) is 5.41 Å². The molecule has 0 aromatic carbocycles. The lowest BCUT2D eigenvalue weighted by Gasteiger charge is -2.60. The molecule has 6 atom stereocenters. The fourth-order valence-electron chi connectivity index (χ4n) is 7.54. The second kappa shape index (κ2) is 6.21. The summed E-state index contributed by atoms with van der Waals surface area (Å²) in [4.78, 5) is 0. The highest BCUT2D eigenvalue weighted by molar-refractivity contribution is 7.58. The molecule has 4 aliphatic carbocycles. The molecule has 0 bridgehead atoms. The molecule has 0 heterocycles. The molecular weight excluding hydrogens is 331 g/mol. The standard InChI is InChI=1S/C21H35O3P/c1-20-13-6-5-7-15(20)8-9-16-17-10-11-19(25(22,23-3)24-4)21(17,2)14-12-18(16)20/h11,15-18H,5-10,12-14H2,1-4H3/t15-,16+,17+,18+,20+,21+/m1/s1. The summed E-state index contributed by atoms with van der Waals surface area (Å²) in [5, 5.41) is 0.976. The summed E-state index contributed by atoms with van der Waals surface area (Å²) in [6.45, 7) is 4.95. The van der Waals surface area contributed by atoms with E-state index < -0.39 is 7.60 Å². The van der Waals surface area contributed by atoms with Gasteiger partial charge in [0.1, 0.15) is 0 Å². The molecule has 0 aliphatic heterocycles. The van der Waals surface area contributed by atoms with Crippen molar-refractivity contribution in [2.45, 2.75) is 71.6 Å². The molecule has 4 heteroatoms. The monoisotopic (exact) mass is 366 g/mol. The van der Waals surface area contributed by atoms with Crippen molar-refractivity contribution in [2.75, 3.05) is 14.2 Å². The Balaban J connectivity index is 1.64. The Morgan fingerprint density at radius 3 is 2.48 bits per heavy atom. The Labute approximate surface area is 153 Å². The number of rotatable bonds is 3. The zero-order valence-corrected chi connectivity index (χ0v) is 17.3. The number of fused-ring (bicyclic) bond motifs is 5. The lowest BCUT2D eigenvalue weighted by molar-refractivity contribution is -0.0980. The molecule has 0 spiro atoms. The molecule has 0 radical (unpaired) electrons. The summed E-state index contributed by atoms with van der Waals surface area (Å²) in [5.74, 6) is 3.22. The van der Waals surface area contributed by atoms with E-state index >= 15 is 0 Å². The van der Waals surface area contributed by atoms with Crippen LogP contribution in [-0.4, -0.2) is 14.2 Å². The van der Waals surface area contributed by atoms with Crippen LogP contribution in [0.3, 0.4) is 0 Å².